The summed E-state index contributed by atoms with van der Waals surface area (Å²) in [6.07, 6.45) is 1.61. The number of carbonyl (C=O) groups is 1. The highest BCUT2D eigenvalue weighted by Gasteiger charge is 2.29. The lowest BCUT2D eigenvalue weighted by atomic mass is 10.1. The molecule has 0 aliphatic carbocycles. The van der Waals surface area contributed by atoms with Crippen LogP contribution in [0.5, 0.6) is 0 Å². The van der Waals surface area contributed by atoms with Crippen molar-refractivity contribution in [3.63, 3.8) is 0 Å². The molecule has 1 aromatic carbocycles. The van der Waals surface area contributed by atoms with E-state index < -0.39 is 0 Å². The predicted molar refractivity (Wildman–Crippen MR) is 81.0 cm³/mol. The molecule has 3 rings (SSSR count). The van der Waals surface area contributed by atoms with Gasteiger partial charge in [-0.25, -0.2) is 0 Å². The van der Waals surface area contributed by atoms with Gasteiger partial charge in [-0.3, -0.25) is 9.78 Å². The van der Waals surface area contributed by atoms with Crippen LogP contribution in [0.15, 0.2) is 36.5 Å². The molecule has 5 nitrogen and oxygen atoms in total. The molecule has 1 aliphatic heterocycles. The van der Waals surface area contributed by atoms with Crippen LogP contribution in [-0.4, -0.2) is 47.6 Å². The average Bonchev–Trinajstić information content (AvgIpc) is 2.53. The summed E-state index contributed by atoms with van der Waals surface area (Å²) in [5, 5.41) is 0.972. The second-order valence-electron chi connectivity index (χ2n) is 5.40. The second kappa shape index (κ2) is 5.79. The Labute approximate surface area is 123 Å². The summed E-state index contributed by atoms with van der Waals surface area (Å²) in [7, 11) is 0. The Hall–Kier alpha value is -1.98. The van der Waals surface area contributed by atoms with Gasteiger partial charge in [0.1, 0.15) is 0 Å². The van der Waals surface area contributed by atoms with Crippen LogP contribution in [0, 0.1) is 0 Å². The molecule has 0 saturated carbocycles. The zero-order valence-electron chi connectivity index (χ0n) is 12.0. The number of nitrogens with two attached hydrogens (primary N) is 1. The van der Waals surface area contributed by atoms with E-state index in [9.17, 15) is 4.79 Å². The standard InChI is InChI=1S/C16H19N3O2/c1-11-9-19(10-13(8-17)21-11)16(20)14-6-2-4-12-5-3-7-18-15(12)14/h2-7,11,13H,8-10,17H2,1H3. The average molecular weight is 285 g/mol. The first kappa shape index (κ1) is 14.0. The van der Waals surface area contributed by atoms with Crippen LogP contribution in [0.25, 0.3) is 10.9 Å². The van der Waals surface area contributed by atoms with Crippen molar-refractivity contribution in [1.29, 1.82) is 0 Å². The van der Waals surface area contributed by atoms with Crippen LogP contribution >= 0.6 is 0 Å². The minimum Gasteiger partial charge on any atom is -0.370 e. The molecule has 2 aromatic rings. The molecule has 2 N–H and O–H groups in total. The summed E-state index contributed by atoms with van der Waals surface area (Å²) in [5.74, 6) is -0.00657. The Kier molecular flexibility index (Phi) is 3.86. The zero-order chi connectivity index (χ0) is 14.8. The van der Waals surface area contributed by atoms with Gasteiger partial charge in [-0.15, -0.1) is 0 Å². The highest BCUT2D eigenvalue weighted by molar-refractivity contribution is 6.05. The SMILES string of the molecule is CC1CN(C(=O)c2cccc3cccnc23)CC(CN)O1. The molecule has 1 amide bonds. The number of hydrogen-bond acceptors (Lipinski definition) is 4. The van der Waals surface area contributed by atoms with Gasteiger partial charge < -0.3 is 15.4 Å². The van der Waals surface area contributed by atoms with E-state index in [2.05, 4.69) is 4.98 Å². The molecule has 1 aliphatic rings. The van der Waals surface area contributed by atoms with Gasteiger partial charge in [0.2, 0.25) is 0 Å². The number of pyridine rings is 1. The monoisotopic (exact) mass is 285 g/mol. The summed E-state index contributed by atoms with van der Waals surface area (Å²) < 4.78 is 5.70. The topological polar surface area (TPSA) is 68.5 Å². The lowest BCUT2D eigenvalue weighted by Crippen LogP contribution is -2.51. The number of aromatic nitrogens is 1. The smallest absolute Gasteiger partial charge is 0.256 e. The molecule has 21 heavy (non-hydrogen) atoms. The molecule has 5 heteroatoms. The molecular weight excluding hydrogens is 266 g/mol. The fraction of sp³-hybridized carbons (Fsp3) is 0.375. The van der Waals surface area contributed by atoms with E-state index in [1.54, 1.807) is 6.20 Å². The first-order valence-corrected chi connectivity index (χ1v) is 7.17. The van der Waals surface area contributed by atoms with Crippen LogP contribution in [-0.2, 0) is 4.74 Å². The van der Waals surface area contributed by atoms with Crippen molar-refractivity contribution in [1.82, 2.24) is 9.88 Å². The number of morpholine rings is 1. The minimum absolute atomic E-state index is 0.000754. The Bertz CT molecular complexity index is 654. The number of rotatable bonds is 2. The van der Waals surface area contributed by atoms with Crippen molar-refractivity contribution >= 4 is 16.8 Å². The van der Waals surface area contributed by atoms with Crippen molar-refractivity contribution in [3.8, 4) is 0 Å². The van der Waals surface area contributed by atoms with E-state index in [-0.39, 0.29) is 18.1 Å². The highest BCUT2D eigenvalue weighted by Crippen LogP contribution is 2.20. The Morgan fingerprint density at radius 1 is 1.38 bits per heavy atom. The van der Waals surface area contributed by atoms with Gasteiger partial charge in [0.15, 0.2) is 0 Å². The van der Waals surface area contributed by atoms with E-state index in [1.807, 2.05) is 42.2 Å². The van der Waals surface area contributed by atoms with Crippen molar-refractivity contribution in [3.05, 3.63) is 42.1 Å². The quantitative estimate of drug-likeness (QED) is 0.906. The van der Waals surface area contributed by atoms with Crippen molar-refractivity contribution in [2.45, 2.75) is 19.1 Å². The van der Waals surface area contributed by atoms with Crippen LogP contribution in [0.2, 0.25) is 0 Å². The molecule has 1 saturated heterocycles. The lowest BCUT2D eigenvalue weighted by molar-refractivity contribution is -0.0625. The second-order valence-corrected chi connectivity index (χ2v) is 5.40. The Morgan fingerprint density at radius 3 is 3.00 bits per heavy atom. The van der Waals surface area contributed by atoms with Gasteiger partial charge in [0.25, 0.3) is 5.91 Å². The fourth-order valence-corrected chi connectivity index (χ4v) is 2.79. The first-order chi connectivity index (χ1) is 10.2. The molecule has 2 atom stereocenters. The summed E-state index contributed by atoms with van der Waals surface area (Å²) in [6.45, 7) is 3.49. The van der Waals surface area contributed by atoms with Gasteiger partial charge in [-0.05, 0) is 19.1 Å². The Morgan fingerprint density at radius 2 is 2.19 bits per heavy atom. The van der Waals surface area contributed by atoms with E-state index in [0.717, 1.165) is 10.9 Å². The van der Waals surface area contributed by atoms with E-state index in [0.29, 0.717) is 25.2 Å². The van der Waals surface area contributed by atoms with Crippen molar-refractivity contribution in [2.75, 3.05) is 19.6 Å². The molecular formula is C16H19N3O2. The molecule has 110 valence electrons. The summed E-state index contributed by atoms with van der Waals surface area (Å²) in [6, 6.07) is 9.52. The maximum absolute atomic E-state index is 12.8. The largest absolute Gasteiger partial charge is 0.370 e. The third kappa shape index (κ3) is 2.75. The van der Waals surface area contributed by atoms with Crippen LogP contribution < -0.4 is 5.73 Å². The molecule has 0 bridgehead atoms. The zero-order valence-corrected chi connectivity index (χ0v) is 12.0. The number of amides is 1. The molecule has 1 fully saturated rings. The lowest BCUT2D eigenvalue weighted by Gasteiger charge is -2.36. The predicted octanol–water partition coefficient (Wildman–Crippen LogP) is 1.42. The first-order valence-electron chi connectivity index (χ1n) is 7.17. The highest BCUT2D eigenvalue weighted by atomic mass is 16.5. The third-order valence-corrected chi connectivity index (χ3v) is 3.74. The van der Waals surface area contributed by atoms with E-state index in [4.69, 9.17) is 10.5 Å². The number of carbonyl (C=O) groups excluding carboxylic acids is 1. The van der Waals surface area contributed by atoms with Gasteiger partial charge >= 0.3 is 0 Å². The Balaban J connectivity index is 1.93. The maximum atomic E-state index is 12.8. The fourth-order valence-electron chi connectivity index (χ4n) is 2.79. The third-order valence-electron chi connectivity index (χ3n) is 3.74. The van der Waals surface area contributed by atoms with Crippen LogP contribution in [0.4, 0.5) is 0 Å². The summed E-state index contributed by atoms with van der Waals surface area (Å²) >= 11 is 0. The summed E-state index contributed by atoms with van der Waals surface area (Å²) in [5.41, 5.74) is 7.06. The van der Waals surface area contributed by atoms with Gasteiger partial charge in [-0.2, -0.15) is 0 Å². The number of para-hydroxylation sites is 1. The molecule has 0 radical (unpaired) electrons. The molecule has 2 heterocycles. The van der Waals surface area contributed by atoms with Crippen LogP contribution in [0.1, 0.15) is 17.3 Å². The number of benzene rings is 1. The number of nitrogens with zero attached hydrogens (tertiary/aromatic N) is 2. The van der Waals surface area contributed by atoms with Crippen molar-refractivity contribution in [2.24, 2.45) is 5.73 Å². The normalized spacial score (nSPS) is 22.5. The van der Waals surface area contributed by atoms with Crippen LogP contribution in [0.3, 0.4) is 0 Å². The van der Waals surface area contributed by atoms with Gasteiger partial charge in [0, 0.05) is 31.2 Å². The molecule has 0 spiro atoms. The number of fused-ring (bicyclic) bond motifs is 1. The molecule has 1 aromatic heterocycles. The van der Waals surface area contributed by atoms with Gasteiger partial charge in [-0.1, -0.05) is 18.2 Å². The summed E-state index contributed by atoms with van der Waals surface area (Å²) in [4.78, 5) is 19.0. The molecule has 2 unspecified atom stereocenters. The van der Waals surface area contributed by atoms with Gasteiger partial charge in [0.05, 0.1) is 23.3 Å². The number of ether oxygens (including phenoxy) is 1. The van der Waals surface area contributed by atoms with E-state index in [1.165, 1.54) is 0 Å². The van der Waals surface area contributed by atoms with E-state index >= 15 is 0 Å². The van der Waals surface area contributed by atoms with Crippen molar-refractivity contribution < 1.29 is 9.53 Å². The number of hydrogen-bond donors (Lipinski definition) is 1. The minimum atomic E-state index is -0.0966. The maximum Gasteiger partial charge on any atom is 0.256 e.